The minimum absolute atomic E-state index is 0.165. The second kappa shape index (κ2) is 11.0. The summed E-state index contributed by atoms with van der Waals surface area (Å²) in [5.74, 6) is 2.92. The van der Waals surface area contributed by atoms with Gasteiger partial charge in [0, 0.05) is 56.3 Å². The average Bonchev–Trinajstić information content (AvgIpc) is 3.62. The summed E-state index contributed by atoms with van der Waals surface area (Å²) < 4.78 is 23.4. The molecule has 2 aliphatic heterocycles. The molecule has 1 atom stereocenters. The lowest BCUT2D eigenvalue weighted by atomic mass is 10.0. The molecule has 0 saturated carbocycles. The largest absolute Gasteiger partial charge is 0.497 e. The van der Waals surface area contributed by atoms with E-state index in [2.05, 4.69) is 36.4 Å². The molecule has 2 aliphatic rings. The van der Waals surface area contributed by atoms with Crippen molar-refractivity contribution in [3.05, 3.63) is 69.8 Å². The Labute approximate surface area is 225 Å². The van der Waals surface area contributed by atoms with Gasteiger partial charge in [0.05, 0.1) is 20.3 Å². The highest BCUT2D eigenvalue weighted by Crippen LogP contribution is 2.33. The molecule has 12 nitrogen and oxygen atoms in total. The maximum Gasteiger partial charge on any atom is 0.253 e. The van der Waals surface area contributed by atoms with Gasteiger partial charge in [-0.3, -0.25) is 14.6 Å². The number of hydrogen-bond acceptors (Lipinski definition) is 10. The maximum atomic E-state index is 13.4. The van der Waals surface area contributed by atoms with E-state index < -0.39 is 6.04 Å². The van der Waals surface area contributed by atoms with Gasteiger partial charge in [-0.25, -0.2) is 4.68 Å². The number of nitrogens with zero attached hydrogens (tertiary/aromatic N) is 6. The summed E-state index contributed by atoms with van der Waals surface area (Å²) >= 11 is 0. The number of tetrazole rings is 1. The zero-order valence-electron chi connectivity index (χ0n) is 22.0. The maximum absolute atomic E-state index is 13.4. The molecular formula is C27H31N7O5. The molecule has 1 N–H and O–H groups in total. The van der Waals surface area contributed by atoms with E-state index in [0.717, 1.165) is 60.9 Å². The Morgan fingerprint density at radius 3 is 2.69 bits per heavy atom. The lowest BCUT2D eigenvalue weighted by Crippen LogP contribution is -2.48. The number of ether oxygens (including phenoxy) is 4. The summed E-state index contributed by atoms with van der Waals surface area (Å²) in [5, 5.41) is 13.4. The molecule has 4 heterocycles. The first-order valence-corrected chi connectivity index (χ1v) is 12.9. The van der Waals surface area contributed by atoms with Crippen LogP contribution >= 0.6 is 0 Å². The van der Waals surface area contributed by atoms with E-state index in [0.29, 0.717) is 24.5 Å². The van der Waals surface area contributed by atoms with E-state index in [9.17, 15) is 4.79 Å². The van der Waals surface area contributed by atoms with Gasteiger partial charge < -0.3 is 23.9 Å². The van der Waals surface area contributed by atoms with E-state index in [1.165, 1.54) is 5.56 Å². The molecule has 0 aliphatic carbocycles. The number of benzene rings is 2. The number of hydrogen-bond donors (Lipinski definition) is 1. The van der Waals surface area contributed by atoms with E-state index in [4.69, 9.17) is 18.9 Å². The Hall–Kier alpha value is -4.00. The number of fused-ring (bicyclic) bond motifs is 2. The molecule has 39 heavy (non-hydrogen) atoms. The molecule has 0 amide bonds. The molecule has 204 valence electrons. The molecule has 2 aromatic carbocycles. The Kier molecular flexibility index (Phi) is 7.14. The first-order valence-electron chi connectivity index (χ1n) is 12.9. The number of nitrogens with one attached hydrogen (secondary N) is 1. The molecule has 6 rings (SSSR count). The average molecular weight is 534 g/mol. The van der Waals surface area contributed by atoms with Crippen molar-refractivity contribution < 1.29 is 18.9 Å². The standard InChI is InChI=1S/C27H31N7O5/c1-36-12-11-34-26(29-30-31-34)25(21-15-19-14-20(37-2)4-5-22(19)28-27(21)35)33-9-7-32(8-10-33)16-18-3-6-23-24(13-18)39-17-38-23/h3-6,13-15,25H,7-12,16-17H2,1-2H3,(H,28,35)/t25-/m0/s1. The highest BCUT2D eigenvalue weighted by atomic mass is 16.7. The summed E-state index contributed by atoms with van der Waals surface area (Å²) in [6, 6.07) is 13.2. The Morgan fingerprint density at radius 1 is 1.03 bits per heavy atom. The predicted octanol–water partition coefficient (Wildman–Crippen LogP) is 1.81. The number of pyridine rings is 1. The number of aromatic nitrogens is 5. The van der Waals surface area contributed by atoms with Gasteiger partial charge >= 0.3 is 0 Å². The molecule has 0 unspecified atom stereocenters. The molecule has 12 heteroatoms. The molecule has 0 spiro atoms. The monoisotopic (exact) mass is 533 g/mol. The quantitative estimate of drug-likeness (QED) is 0.341. The zero-order valence-corrected chi connectivity index (χ0v) is 22.0. The van der Waals surface area contributed by atoms with Crippen LogP contribution in [0.15, 0.2) is 47.3 Å². The van der Waals surface area contributed by atoms with Crippen LogP contribution in [-0.4, -0.2) is 88.8 Å². The minimum atomic E-state index is -0.427. The summed E-state index contributed by atoms with van der Waals surface area (Å²) in [7, 11) is 3.27. The fourth-order valence-corrected chi connectivity index (χ4v) is 5.25. The third-order valence-electron chi connectivity index (χ3n) is 7.30. The molecular weight excluding hydrogens is 502 g/mol. The van der Waals surface area contributed by atoms with Crippen molar-refractivity contribution in [3.8, 4) is 17.2 Å². The smallest absolute Gasteiger partial charge is 0.253 e. The van der Waals surface area contributed by atoms with Crippen LogP contribution in [0.2, 0.25) is 0 Å². The minimum Gasteiger partial charge on any atom is -0.497 e. The van der Waals surface area contributed by atoms with Crippen molar-refractivity contribution in [1.82, 2.24) is 35.0 Å². The molecule has 2 aromatic heterocycles. The van der Waals surface area contributed by atoms with E-state index in [-0.39, 0.29) is 12.4 Å². The first kappa shape index (κ1) is 25.3. The summed E-state index contributed by atoms with van der Waals surface area (Å²) in [4.78, 5) is 21.2. The SMILES string of the molecule is COCCn1nnnc1[C@H](c1cc2cc(OC)ccc2[nH]c1=O)N1CCN(Cc2ccc3c(c2)OCO3)CC1. The van der Waals surface area contributed by atoms with Gasteiger partial charge in [-0.2, -0.15) is 0 Å². The van der Waals surface area contributed by atoms with Crippen LogP contribution in [0.1, 0.15) is 23.0 Å². The summed E-state index contributed by atoms with van der Waals surface area (Å²) in [5.41, 5.74) is 2.35. The predicted molar refractivity (Wildman–Crippen MR) is 142 cm³/mol. The van der Waals surface area contributed by atoms with Crippen molar-refractivity contribution >= 4 is 10.9 Å². The lowest BCUT2D eigenvalue weighted by Gasteiger charge is -2.38. The fraction of sp³-hybridized carbons (Fsp3) is 0.407. The Bertz CT molecular complexity index is 1510. The van der Waals surface area contributed by atoms with Crippen LogP contribution in [0.25, 0.3) is 10.9 Å². The van der Waals surface area contributed by atoms with Crippen molar-refractivity contribution in [2.24, 2.45) is 0 Å². The van der Waals surface area contributed by atoms with Crippen LogP contribution in [0.4, 0.5) is 0 Å². The fourth-order valence-electron chi connectivity index (χ4n) is 5.25. The van der Waals surface area contributed by atoms with Crippen LogP contribution in [0.3, 0.4) is 0 Å². The highest BCUT2D eigenvalue weighted by Gasteiger charge is 2.33. The molecule has 1 fully saturated rings. The third kappa shape index (κ3) is 5.18. The summed E-state index contributed by atoms with van der Waals surface area (Å²) in [6.45, 7) is 5.14. The number of aromatic amines is 1. The zero-order chi connectivity index (χ0) is 26.8. The number of methoxy groups -OCH3 is 2. The van der Waals surface area contributed by atoms with E-state index in [1.807, 2.05) is 36.4 Å². The van der Waals surface area contributed by atoms with Crippen LogP contribution in [0, 0.1) is 0 Å². The van der Waals surface area contributed by atoms with Crippen LogP contribution in [-0.2, 0) is 17.8 Å². The molecule has 1 saturated heterocycles. The number of piperazine rings is 1. The molecule has 4 aromatic rings. The Morgan fingerprint density at radius 2 is 1.87 bits per heavy atom. The van der Waals surface area contributed by atoms with E-state index in [1.54, 1.807) is 18.9 Å². The van der Waals surface area contributed by atoms with Gasteiger partial charge in [0.15, 0.2) is 17.3 Å². The van der Waals surface area contributed by atoms with Crippen LogP contribution in [0.5, 0.6) is 17.2 Å². The topological polar surface area (TPSA) is 120 Å². The highest BCUT2D eigenvalue weighted by molar-refractivity contribution is 5.80. The second-order valence-corrected chi connectivity index (χ2v) is 9.66. The van der Waals surface area contributed by atoms with Gasteiger partial charge in [-0.05, 0) is 52.4 Å². The number of H-pyrrole nitrogens is 1. The van der Waals surface area contributed by atoms with Gasteiger partial charge in [-0.15, -0.1) is 5.10 Å². The molecule has 0 bridgehead atoms. The van der Waals surface area contributed by atoms with Crippen molar-refractivity contribution in [2.45, 2.75) is 19.1 Å². The van der Waals surface area contributed by atoms with Gasteiger partial charge in [0.2, 0.25) is 6.79 Å². The lowest BCUT2D eigenvalue weighted by molar-refractivity contribution is 0.0984. The Balaban J connectivity index is 1.28. The molecule has 0 radical (unpaired) electrons. The van der Waals surface area contributed by atoms with Crippen molar-refractivity contribution in [1.29, 1.82) is 0 Å². The third-order valence-corrected chi connectivity index (χ3v) is 7.30. The summed E-state index contributed by atoms with van der Waals surface area (Å²) in [6.07, 6.45) is 0. The van der Waals surface area contributed by atoms with Crippen molar-refractivity contribution in [3.63, 3.8) is 0 Å². The second-order valence-electron chi connectivity index (χ2n) is 9.66. The van der Waals surface area contributed by atoms with Gasteiger partial charge in [0.1, 0.15) is 11.8 Å². The normalized spacial score (nSPS) is 16.6. The van der Waals surface area contributed by atoms with Gasteiger partial charge in [-0.1, -0.05) is 6.07 Å². The van der Waals surface area contributed by atoms with Gasteiger partial charge in [0.25, 0.3) is 5.56 Å². The van der Waals surface area contributed by atoms with Crippen molar-refractivity contribution in [2.75, 3.05) is 53.8 Å². The first-order chi connectivity index (χ1) is 19.1. The number of rotatable bonds is 9. The van der Waals surface area contributed by atoms with Crippen LogP contribution < -0.4 is 19.8 Å². The van der Waals surface area contributed by atoms with E-state index >= 15 is 0 Å².